The maximum Gasteiger partial charge on any atom is 0.244 e. The lowest BCUT2D eigenvalue weighted by Gasteiger charge is -2.10. The number of amides is 1. The molecule has 0 bridgehead atoms. The molecule has 0 unspecified atom stereocenters. The molecule has 0 saturated carbocycles. The summed E-state index contributed by atoms with van der Waals surface area (Å²) in [6, 6.07) is 10.8. The van der Waals surface area contributed by atoms with Crippen LogP contribution in [0, 0.1) is 0 Å². The second-order valence-corrected chi connectivity index (χ2v) is 5.76. The standard InChI is InChI=1S/C18H17Cl2NO3/c1-23-16-10-12(9-15(20)18(16)24-2)6-7-17(22)21-11-13-4-3-5-14(19)8-13/h3-10H,11H2,1-2H3,(H,21,22)/b7-6+. The van der Waals surface area contributed by atoms with Crippen LogP contribution in [0.2, 0.25) is 10.0 Å². The molecule has 0 aliphatic rings. The van der Waals surface area contributed by atoms with Crippen molar-refractivity contribution in [1.29, 1.82) is 0 Å². The van der Waals surface area contributed by atoms with Crippen LogP contribution >= 0.6 is 23.2 Å². The highest BCUT2D eigenvalue weighted by Gasteiger charge is 2.09. The van der Waals surface area contributed by atoms with Crippen LogP contribution in [-0.2, 0) is 11.3 Å². The van der Waals surface area contributed by atoms with Crippen molar-refractivity contribution < 1.29 is 14.3 Å². The quantitative estimate of drug-likeness (QED) is 0.774. The third kappa shape index (κ3) is 4.91. The first-order valence-corrected chi connectivity index (χ1v) is 7.91. The fourth-order valence-electron chi connectivity index (χ4n) is 2.10. The van der Waals surface area contributed by atoms with E-state index in [9.17, 15) is 4.79 Å². The Morgan fingerprint density at radius 3 is 2.62 bits per heavy atom. The maximum absolute atomic E-state index is 11.9. The van der Waals surface area contributed by atoms with Crippen LogP contribution in [0.5, 0.6) is 11.5 Å². The van der Waals surface area contributed by atoms with Gasteiger partial charge in [0.1, 0.15) is 0 Å². The number of carbonyl (C=O) groups is 1. The summed E-state index contributed by atoms with van der Waals surface area (Å²) in [7, 11) is 3.04. The van der Waals surface area contributed by atoms with Gasteiger partial charge in [0.05, 0.1) is 19.2 Å². The average molecular weight is 366 g/mol. The summed E-state index contributed by atoms with van der Waals surface area (Å²) in [5.74, 6) is 0.742. The van der Waals surface area contributed by atoms with Crippen LogP contribution in [-0.4, -0.2) is 20.1 Å². The summed E-state index contributed by atoms with van der Waals surface area (Å²) >= 11 is 12.0. The molecule has 0 aliphatic carbocycles. The van der Waals surface area contributed by atoms with Crippen LogP contribution < -0.4 is 14.8 Å². The molecular formula is C18H17Cl2NO3. The van der Waals surface area contributed by atoms with Gasteiger partial charge in [0, 0.05) is 17.6 Å². The molecule has 4 nitrogen and oxygen atoms in total. The molecule has 1 amide bonds. The summed E-state index contributed by atoms with van der Waals surface area (Å²) < 4.78 is 10.4. The van der Waals surface area contributed by atoms with E-state index in [-0.39, 0.29) is 5.91 Å². The van der Waals surface area contributed by atoms with Gasteiger partial charge in [-0.1, -0.05) is 35.3 Å². The SMILES string of the molecule is COc1cc(/C=C/C(=O)NCc2cccc(Cl)c2)cc(Cl)c1OC. The number of hydrogen-bond donors (Lipinski definition) is 1. The highest BCUT2D eigenvalue weighted by molar-refractivity contribution is 6.32. The molecule has 0 heterocycles. The van der Waals surface area contributed by atoms with Gasteiger partial charge in [-0.25, -0.2) is 0 Å². The second kappa shape index (κ2) is 8.62. The zero-order valence-corrected chi connectivity index (χ0v) is 14.8. The largest absolute Gasteiger partial charge is 0.493 e. The van der Waals surface area contributed by atoms with E-state index in [1.54, 1.807) is 30.3 Å². The van der Waals surface area contributed by atoms with Crippen molar-refractivity contribution in [3.8, 4) is 11.5 Å². The summed E-state index contributed by atoms with van der Waals surface area (Å²) in [6.07, 6.45) is 3.09. The van der Waals surface area contributed by atoms with Gasteiger partial charge >= 0.3 is 0 Å². The van der Waals surface area contributed by atoms with E-state index in [1.807, 2.05) is 12.1 Å². The third-order valence-electron chi connectivity index (χ3n) is 3.24. The molecule has 1 N–H and O–H groups in total. The topological polar surface area (TPSA) is 47.6 Å². The Bertz CT molecular complexity index is 760. The summed E-state index contributed by atoms with van der Waals surface area (Å²) in [5, 5.41) is 3.84. The first-order chi connectivity index (χ1) is 11.5. The highest BCUT2D eigenvalue weighted by Crippen LogP contribution is 2.36. The molecule has 0 aromatic heterocycles. The van der Waals surface area contributed by atoms with E-state index in [4.69, 9.17) is 32.7 Å². The third-order valence-corrected chi connectivity index (χ3v) is 3.75. The Morgan fingerprint density at radius 1 is 1.17 bits per heavy atom. The predicted molar refractivity (Wildman–Crippen MR) is 96.9 cm³/mol. The van der Waals surface area contributed by atoms with Gasteiger partial charge in [0.2, 0.25) is 5.91 Å². The van der Waals surface area contributed by atoms with E-state index < -0.39 is 0 Å². The molecule has 126 valence electrons. The number of rotatable bonds is 6. The Kier molecular flexibility index (Phi) is 6.53. The van der Waals surface area contributed by atoms with Crippen molar-refractivity contribution in [1.82, 2.24) is 5.32 Å². The predicted octanol–water partition coefficient (Wildman–Crippen LogP) is 4.34. The fourth-order valence-corrected chi connectivity index (χ4v) is 2.61. The maximum atomic E-state index is 11.9. The van der Waals surface area contributed by atoms with E-state index in [2.05, 4.69) is 5.32 Å². The molecule has 0 aliphatic heterocycles. The average Bonchev–Trinajstić information content (AvgIpc) is 2.57. The minimum atomic E-state index is -0.221. The van der Waals surface area contributed by atoms with Crippen molar-refractivity contribution in [2.75, 3.05) is 14.2 Å². The second-order valence-electron chi connectivity index (χ2n) is 4.92. The fraction of sp³-hybridized carbons (Fsp3) is 0.167. The minimum absolute atomic E-state index is 0.221. The molecule has 2 rings (SSSR count). The van der Waals surface area contributed by atoms with Gasteiger partial charge in [0.15, 0.2) is 11.5 Å². The van der Waals surface area contributed by atoms with Gasteiger partial charge in [-0.3, -0.25) is 4.79 Å². The number of carbonyl (C=O) groups excluding carboxylic acids is 1. The summed E-state index contributed by atoms with van der Waals surface area (Å²) in [5.41, 5.74) is 1.66. The molecule has 0 fully saturated rings. The Hall–Kier alpha value is -2.17. The normalized spacial score (nSPS) is 10.7. The molecular weight excluding hydrogens is 349 g/mol. The number of nitrogens with one attached hydrogen (secondary N) is 1. The molecule has 0 saturated heterocycles. The zero-order valence-electron chi connectivity index (χ0n) is 13.3. The van der Waals surface area contributed by atoms with Gasteiger partial charge in [-0.2, -0.15) is 0 Å². The van der Waals surface area contributed by atoms with Crippen molar-refractivity contribution in [3.05, 3.63) is 63.6 Å². The number of ether oxygens (including phenoxy) is 2. The van der Waals surface area contributed by atoms with Crippen LogP contribution in [0.4, 0.5) is 0 Å². The van der Waals surface area contributed by atoms with Gasteiger partial charge < -0.3 is 14.8 Å². The van der Waals surface area contributed by atoms with E-state index >= 15 is 0 Å². The lowest BCUT2D eigenvalue weighted by atomic mass is 10.2. The van der Waals surface area contributed by atoms with Crippen LogP contribution in [0.15, 0.2) is 42.5 Å². The summed E-state index contributed by atoms with van der Waals surface area (Å²) in [4.78, 5) is 11.9. The Morgan fingerprint density at radius 2 is 1.96 bits per heavy atom. The number of hydrogen-bond acceptors (Lipinski definition) is 3. The molecule has 2 aromatic rings. The molecule has 24 heavy (non-hydrogen) atoms. The van der Waals surface area contributed by atoms with Crippen LogP contribution in [0.25, 0.3) is 6.08 Å². The molecule has 0 atom stereocenters. The smallest absolute Gasteiger partial charge is 0.244 e. The van der Waals surface area contributed by atoms with Crippen molar-refractivity contribution >= 4 is 35.2 Å². The molecule has 0 radical (unpaired) electrons. The molecule has 6 heteroatoms. The van der Waals surface area contributed by atoms with Crippen molar-refractivity contribution in [3.63, 3.8) is 0 Å². The number of methoxy groups -OCH3 is 2. The number of benzene rings is 2. The van der Waals surface area contributed by atoms with Crippen LogP contribution in [0.3, 0.4) is 0 Å². The monoisotopic (exact) mass is 365 g/mol. The van der Waals surface area contributed by atoms with Gasteiger partial charge in [-0.05, 0) is 41.5 Å². The van der Waals surface area contributed by atoms with Crippen LogP contribution in [0.1, 0.15) is 11.1 Å². The van der Waals surface area contributed by atoms with E-state index in [1.165, 1.54) is 20.3 Å². The Balaban J connectivity index is 2.02. The van der Waals surface area contributed by atoms with Crippen molar-refractivity contribution in [2.45, 2.75) is 6.54 Å². The van der Waals surface area contributed by atoms with Gasteiger partial charge in [0.25, 0.3) is 0 Å². The zero-order chi connectivity index (χ0) is 17.5. The number of halogens is 2. The lowest BCUT2D eigenvalue weighted by Crippen LogP contribution is -2.20. The minimum Gasteiger partial charge on any atom is -0.493 e. The first-order valence-electron chi connectivity index (χ1n) is 7.15. The van der Waals surface area contributed by atoms with E-state index in [0.717, 1.165) is 11.1 Å². The lowest BCUT2D eigenvalue weighted by molar-refractivity contribution is -0.116. The van der Waals surface area contributed by atoms with E-state index in [0.29, 0.717) is 28.1 Å². The van der Waals surface area contributed by atoms with Crippen molar-refractivity contribution in [2.24, 2.45) is 0 Å². The summed E-state index contributed by atoms with van der Waals surface area (Å²) in [6.45, 7) is 0.399. The Labute approximate surface area is 151 Å². The molecule has 2 aromatic carbocycles. The first kappa shape index (κ1) is 18.2. The van der Waals surface area contributed by atoms with Gasteiger partial charge in [-0.15, -0.1) is 0 Å². The highest BCUT2D eigenvalue weighted by atomic mass is 35.5. The molecule has 0 spiro atoms.